The van der Waals surface area contributed by atoms with E-state index in [1.54, 1.807) is 6.92 Å². The number of aromatic nitrogens is 3. The van der Waals surface area contributed by atoms with Crippen molar-refractivity contribution in [3.05, 3.63) is 47.9 Å². The first-order valence-corrected chi connectivity index (χ1v) is 9.82. The smallest absolute Gasteiger partial charge is 0.432 e. The van der Waals surface area contributed by atoms with Gasteiger partial charge in [-0.15, -0.1) is 0 Å². The molecular weight excluding hydrogens is 470 g/mol. The van der Waals surface area contributed by atoms with Gasteiger partial charge in [0.1, 0.15) is 23.8 Å². The predicted molar refractivity (Wildman–Crippen MR) is 108 cm³/mol. The van der Waals surface area contributed by atoms with Crippen molar-refractivity contribution in [2.45, 2.75) is 25.7 Å². The van der Waals surface area contributed by atoms with Crippen molar-refractivity contribution in [1.82, 2.24) is 20.5 Å². The van der Waals surface area contributed by atoms with Crippen LogP contribution in [-0.4, -0.2) is 39.3 Å². The Labute approximate surface area is 188 Å². The van der Waals surface area contributed by atoms with Crippen molar-refractivity contribution in [2.75, 3.05) is 13.2 Å². The first kappa shape index (κ1) is 24.9. The quantitative estimate of drug-likeness (QED) is 0.328. The molecule has 3 rings (SSSR count). The number of hydrogen-bond acceptors (Lipinski definition) is 5. The number of amides is 1. The molecule has 2 heterocycles. The van der Waals surface area contributed by atoms with Crippen LogP contribution in [0.3, 0.4) is 0 Å². The molecule has 0 aliphatic heterocycles. The van der Waals surface area contributed by atoms with Gasteiger partial charge in [0, 0.05) is 29.9 Å². The number of nitrogens with one attached hydrogen (secondary N) is 2. The summed E-state index contributed by atoms with van der Waals surface area (Å²) in [5, 5.41) is 18.8. The SMILES string of the molecule is CCC(=O)NCCOc1ccc(-c2cc(C(F)(F)F)[nH]n2)c(O)c1-c1cncc(C(F)(F)F)c1. The van der Waals surface area contributed by atoms with Crippen molar-refractivity contribution >= 4 is 5.91 Å². The lowest BCUT2D eigenvalue weighted by atomic mass is 9.98. The van der Waals surface area contributed by atoms with Crippen LogP contribution in [0.25, 0.3) is 22.4 Å². The Hall–Kier alpha value is -3.77. The van der Waals surface area contributed by atoms with Crippen LogP contribution >= 0.6 is 0 Å². The van der Waals surface area contributed by atoms with Gasteiger partial charge >= 0.3 is 12.4 Å². The number of halogens is 6. The molecule has 0 spiro atoms. The Morgan fingerprint density at radius 1 is 1.12 bits per heavy atom. The zero-order chi connectivity index (χ0) is 25.1. The molecule has 0 unspecified atom stereocenters. The summed E-state index contributed by atoms with van der Waals surface area (Å²) in [5.41, 5.74) is -3.15. The second-order valence-corrected chi connectivity index (χ2v) is 7.01. The lowest BCUT2D eigenvalue weighted by Gasteiger charge is -2.16. The second kappa shape index (κ2) is 9.61. The van der Waals surface area contributed by atoms with Crippen LogP contribution in [0.4, 0.5) is 26.3 Å². The summed E-state index contributed by atoms with van der Waals surface area (Å²) in [7, 11) is 0. The molecule has 0 aliphatic rings. The number of H-pyrrole nitrogens is 1. The molecule has 3 N–H and O–H groups in total. The molecule has 34 heavy (non-hydrogen) atoms. The molecule has 2 aromatic heterocycles. The van der Waals surface area contributed by atoms with E-state index in [4.69, 9.17) is 4.74 Å². The number of alkyl halides is 6. The fraction of sp³-hybridized carbons (Fsp3) is 0.286. The normalized spacial score (nSPS) is 12.0. The maximum absolute atomic E-state index is 13.2. The molecule has 0 radical (unpaired) electrons. The molecule has 0 bridgehead atoms. The number of phenolic OH excluding ortho intramolecular Hbond substituents is 1. The number of nitrogens with zero attached hydrogens (tertiary/aromatic N) is 2. The summed E-state index contributed by atoms with van der Waals surface area (Å²) in [5.74, 6) is -0.973. The average molecular weight is 488 g/mol. The summed E-state index contributed by atoms with van der Waals surface area (Å²) in [6.07, 6.45) is -7.58. The van der Waals surface area contributed by atoms with Gasteiger partial charge in [-0.2, -0.15) is 31.4 Å². The van der Waals surface area contributed by atoms with Crippen LogP contribution in [0.2, 0.25) is 0 Å². The van der Waals surface area contributed by atoms with Gasteiger partial charge in [0.05, 0.1) is 23.4 Å². The Bertz CT molecular complexity index is 1170. The number of pyridine rings is 1. The lowest BCUT2D eigenvalue weighted by Crippen LogP contribution is -2.27. The van der Waals surface area contributed by atoms with Crippen molar-refractivity contribution in [2.24, 2.45) is 0 Å². The highest BCUT2D eigenvalue weighted by atomic mass is 19.4. The van der Waals surface area contributed by atoms with E-state index < -0.39 is 29.4 Å². The van der Waals surface area contributed by atoms with Gasteiger partial charge in [-0.05, 0) is 24.3 Å². The van der Waals surface area contributed by atoms with E-state index in [0.717, 1.165) is 12.3 Å². The third-order valence-electron chi connectivity index (χ3n) is 4.66. The van der Waals surface area contributed by atoms with Crippen LogP contribution < -0.4 is 10.1 Å². The number of aromatic hydroxyl groups is 1. The lowest BCUT2D eigenvalue weighted by molar-refractivity contribution is -0.141. The Kier molecular flexibility index (Phi) is 7.03. The summed E-state index contributed by atoms with van der Waals surface area (Å²) in [6.45, 7) is 1.62. The molecule has 3 aromatic rings. The van der Waals surface area contributed by atoms with Gasteiger partial charge in [-0.25, -0.2) is 0 Å². The Morgan fingerprint density at radius 2 is 1.85 bits per heavy atom. The van der Waals surface area contributed by atoms with E-state index in [9.17, 15) is 36.2 Å². The van der Waals surface area contributed by atoms with Gasteiger partial charge in [-0.1, -0.05) is 6.92 Å². The highest BCUT2D eigenvalue weighted by molar-refractivity contribution is 5.85. The minimum atomic E-state index is -4.73. The summed E-state index contributed by atoms with van der Waals surface area (Å²) < 4.78 is 84.0. The van der Waals surface area contributed by atoms with E-state index in [1.807, 2.05) is 5.10 Å². The number of carbonyl (C=O) groups is 1. The molecule has 0 aliphatic carbocycles. The number of phenols is 1. The zero-order valence-electron chi connectivity index (χ0n) is 17.5. The van der Waals surface area contributed by atoms with Crippen LogP contribution in [0.1, 0.15) is 24.6 Å². The number of aromatic amines is 1. The van der Waals surface area contributed by atoms with Gasteiger partial charge in [0.2, 0.25) is 5.91 Å². The monoisotopic (exact) mass is 488 g/mol. The fourth-order valence-corrected chi connectivity index (χ4v) is 2.99. The first-order chi connectivity index (χ1) is 15.9. The molecule has 0 fully saturated rings. The Balaban J connectivity index is 2.06. The molecular formula is C21H18F6N4O3. The van der Waals surface area contributed by atoms with Crippen LogP contribution in [0.15, 0.2) is 36.7 Å². The van der Waals surface area contributed by atoms with Crippen LogP contribution in [0, 0.1) is 0 Å². The number of hydrogen-bond donors (Lipinski definition) is 3. The molecule has 182 valence electrons. The third-order valence-corrected chi connectivity index (χ3v) is 4.66. The summed E-state index contributed by atoms with van der Waals surface area (Å²) >= 11 is 0. The second-order valence-electron chi connectivity index (χ2n) is 7.01. The van der Waals surface area contributed by atoms with E-state index in [0.29, 0.717) is 12.3 Å². The average Bonchev–Trinajstić information content (AvgIpc) is 3.26. The van der Waals surface area contributed by atoms with E-state index in [2.05, 4.69) is 15.4 Å². The zero-order valence-corrected chi connectivity index (χ0v) is 17.5. The van der Waals surface area contributed by atoms with E-state index in [-0.39, 0.29) is 53.6 Å². The topological polar surface area (TPSA) is 100 Å². The molecule has 0 saturated heterocycles. The number of ether oxygens (including phenoxy) is 1. The van der Waals surface area contributed by atoms with Gasteiger partial charge < -0.3 is 15.2 Å². The maximum Gasteiger partial charge on any atom is 0.432 e. The van der Waals surface area contributed by atoms with Gasteiger partial charge in [-0.3, -0.25) is 14.9 Å². The van der Waals surface area contributed by atoms with E-state index >= 15 is 0 Å². The van der Waals surface area contributed by atoms with Crippen molar-refractivity contribution in [1.29, 1.82) is 0 Å². The van der Waals surface area contributed by atoms with Crippen molar-refractivity contribution in [3.8, 4) is 33.9 Å². The summed E-state index contributed by atoms with van der Waals surface area (Å²) in [4.78, 5) is 14.9. The largest absolute Gasteiger partial charge is 0.506 e. The molecule has 0 saturated carbocycles. The van der Waals surface area contributed by atoms with Gasteiger partial charge in [0.15, 0.2) is 0 Å². The Morgan fingerprint density at radius 3 is 2.47 bits per heavy atom. The van der Waals surface area contributed by atoms with Crippen LogP contribution in [0.5, 0.6) is 11.5 Å². The number of rotatable bonds is 7. The van der Waals surface area contributed by atoms with Gasteiger partial charge in [0.25, 0.3) is 0 Å². The summed E-state index contributed by atoms with van der Waals surface area (Å²) in [6, 6.07) is 3.87. The van der Waals surface area contributed by atoms with Crippen LogP contribution in [-0.2, 0) is 17.1 Å². The molecule has 1 aromatic carbocycles. The number of carbonyl (C=O) groups excluding carboxylic acids is 1. The van der Waals surface area contributed by atoms with E-state index in [1.165, 1.54) is 12.1 Å². The maximum atomic E-state index is 13.2. The molecule has 7 nitrogen and oxygen atoms in total. The molecule has 1 amide bonds. The number of benzene rings is 1. The molecule has 0 atom stereocenters. The van der Waals surface area contributed by atoms with Crippen molar-refractivity contribution < 1.29 is 41.0 Å². The standard InChI is InChI=1S/C21H18F6N4O3/c1-2-17(32)29-5-6-34-15-4-3-13(14-8-16(31-30-14)21(25,26)27)19(33)18(15)11-7-12(10-28-9-11)20(22,23)24/h3-4,7-10,33H,2,5-6H2,1H3,(H,29,32)(H,30,31). The highest BCUT2D eigenvalue weighted by Gasteiger charge is 2.34. The predicted octanol–water partition coefficient (Wildman–Crippen LogP) is 4.79. The highest BCUT2D eigenvalue weighted by Crippen LogP contribution is 2.45. The van der Waals surface area contributed by atoms with Crippen molar-refractivity contribution in [3.63, 3.8) is 0 Å². The minimum absolute atomic E-state index is 0.0697. The fourth-order valence-electron chi connectivity index (χ4n) is 2.99. The third kappa shape index (κ3) is 5.58. The first-order valence-electron chi connectivity index (χ1n) is 9.82. The minimum Gasteiger partial charge on any atom is -0.506 e. The molecule has 13 heteroatoms.